The Kier molecular flexibility index (Phi) is 4.16. The molecule has 0 aromatic carbocycles. The molecule has 0 radical (unpaired) electrons. The quantitative estimate of drug-likeness (QED) is 0.835. The maximum Gasteiger partial charge on any atom is 0.311 e. The molecular weight excluding hydrogens is 232 g/mol. The van der Waals surface area contributed by atoms with Gasteiger partial charge in [-0.05, 0) is 32.4 Å². The minimum atomic E-state index is -0.921. The molecule has 0 aliphatic rings. The van der Waals surface area contributed by atoms with Crippen LogP contribution in [0, 0.1) is 12.3 Å². The number of nitrogens with zero attached hydrogens (tertiary/aromatic N) is 1. The standard InChI is InChI=1S/C13H20N2O3/c1-5-13(3,12(17)18)8-14-11(16)10-7-6-9(2)15(10)4/h6-7H,5,8H2,1-4H3,(H,14,16)(H,17,18). The highest BCUT2D eigenvalue weighted by molar-refractivity contribution is 5.93. The van der Waals surface area contributed by atoms with E-state index in [0.717, 1.165) is 5.69 Å². The molecule has 1 aromatic rings. The second kappa shape index (κ2) is 5.25. The van der Waals surface area contributed by atoms with E-state index in [0.29, 0.717) is 12.1 Å². The van der Waals surface area contributed by atoms with Crippen LogP contribution in [0.1, 0.15) is 36.5 Å². The average molecular weight is 252 g/mol. The monoisotopic (exact) mass is 252 g/mol. The number of carboxylic acids is 1. The largest absolute Gasteiger partial charge is 0.481 e. The molecule has 0 bridgehead atoms. The van der Waals surface area contributed by atoms with E-state index in [9.17, 15) is 9.59 Å². The van der Waals surface area contributed by atoms with Gasteiger partial charge in [-0.1, -0.05) is 6.92 Å². The number of amides is 1. The van der Waals surface area contributed by atoms with Crippen LogP contribution >= 0.6 is 0 Å². The zero-order chi connectivity index (χ0) is 13.9. The van der Waals surface area contributed by atoms with Crippen molar-refractivity contribution < 1.29 is 14.7 Å². The molecule has 1 rings (SSSR count). The minimum absolute atomic E-state index is 0.127. The van der Waals surface area contributed by atoms with Gasteiger partial charge in [0.25, 0.3) is 5.91 Å². The summed E-state index contributed by atoms with van der Waals surface area (Å²) >= 11 is 0. The van der Waals surface area contributed by atoms with Crippen molar-refractivity contribution in [2.24, 2.45) is 12.5 Å². The Morgan fingerprint density at radius 2 is 2.06 bits per heavy atom. The molecule has 18 heavy (non-hydrogen) atoms. The number of nitrogens with one attached hydrogen (secondary N) is 1. The predicted octanol–water partition coefficient (Wildman–Crippen LogP) is 1.56. The first-order valence-electron chi connectivity index (χ1n) is 5.95. The molecule has 1 amide bonds. The molecule has 1 aromatic heterocycles. The van der Waals surface area contributed by atoms with Crippen molar-refractivity contribution in [3.05, 3.63) is 23.5 Å². The van der Waals surface area contributed by atoms with Gasteiger partial charge in [0.15, 0.2) is 0 Å². The summed E-state index contributed by atoms with van der Waals surface area (Å²) in [6.07, 6.45) is 0.467. The van der Waals surface area contributed by atoms with Crippen LogP contribution in [-0.2, 0) is 11.8 Å². The fraction of sp³-hybridized carbons (Fsp3) is 0.538. The van der Waals surface area contributed by atoms with Crippen LogP contribution in [-0.4, -0.2) is 28.1 Å². The number of aromatic nitrogens is 1. The predicted molar refractivity (Wildman–Crippen MR) is 68.5 cm³/mol. The number of carbonyl (C=O) groups excluding carboxylic acids is 1. The van der Waals surface area contributed by atoms with Crippen molar-refractivity contribution in [3.63, 3.8) is 0 Å². The first-order valence-corrected chi connectivity index (χ1v) is 5.95. The highest BCUT2D eigenvalue weighted by Gasteiger charge is 2.31. The van der Waals surface area contributed by atoms with Crippen LogP contribution in [0.3, 0.4) is 0 Å². The minimum Gasteiger partial charge on any atom is -0.481 e. The molecule has 0 saturated heterocycles. The number of hydrogen-bond acceptors (Lipinski definition) is 2. The molecule has 2 N–H and O–H groups in total. The van der Waals surface area contributed by atoms with Gasteiger partial charge in [0.2, 0.25) is 0 Å². The third-order valence-electron chi connectivity index (χ3n) is 3.54. The van der Waals surface area contributed by atoms with Crippen LogP contribution < -0.4 is 5.32 Å². The van der Waals surface area contributed by atoms with E-state index in [1.807, 2.05) is 13.0 Å². The molecule has 0 aliphatic heterocycles. The fourth-order valence-corrected chi connectivity index (χ4v) is 1.56. The van der Waals surface area contributed by atoms with Gasteiger partial charge in [-0.3, -0.25) is 9.59 Å². The summed E-state index contributed by atoms with van der Waals surface area (Å²) in [7, 11) is 1.81. The highest BCUT2D eigenvalue weighted by atomic mass is 16.4. The van der Waals surface area contributed by atoms with Crippen molar-refractivity contribution >= 4 is 11.9 Å². The van der Waals surface area contributed by atoms with Crippen molar-refractivity contribution in [2.45, 2.75) is 27.2 Å². The van der Waals surface area contributed by atoms with E-state index in [1.165, 1.54) is 0 Å². The fourth-order valence-electron chi connectivity index (χ4n) is 1.56. The SMILES string of the molecule is CCC(C)(CNC(=O)c1ccc(C)n1C)C(=O)O. The zero-order valence-corrected chi connectivity index (χ0v) is 11.3. The number of rotatable bonds is 5. The molecular formula is C13H20N2O3. The second-order valence-corrected chi connectivity index (χ2v) is 4.82. The van der Waals surface area contributed by atoms with Gasteiger partial charge in [-0.15, -0.1) is 0 Å². The Hall–Kier alpha value is -1.78. The van der Waals surface area contributed by atoms with Gasteiger partial charge in [0.1, 0.15) is 5.69 Å². The summed E-state index contributed by atoms with van der Waals surface area (Å²) in [6.45, 7) is 5.46. The van der Waals surface area contributed by atoms with Gasteiger partial charge in [0, 0.05) is 19.3 Å². The molecule has 1 heterocycles. The third kappa shape index (κ3) is 2.72. The van der Waals surface area contributed by atoms with E-state index in [2.05, 4.69) is 5.32 Å². The lowest BCUT2D eigenvalue weighted by molar-refractivity contribution is -0.147. The first-order chi connectivity index (χ1) is 8.31. The summed E-state index contributed by atoms with van der Waals surface area (Å²) in [5.74, 6) is -1.14. The molecule has 5 heteroatoms. The molecule has 0 aliphatic carbocycles. The lowest BCUT2D eigenvalue weighted by Gasteiger charge is -2.23. The van der Waals surface area contributed by atoms with E-state index in [-0.39, 0.29) is 12.5 Å². The smallest absolute Gasteiger partial charge is 0.311 e. The van der Waals surface area contributed by atoms with E-state index in [4.69, 9.17) is 5.11 Å². The molecule has 0 spiro atoms. The van der Waals surface area contributed by atoms with Crippen LogP contribution in [0.15, 0.2) is 12.1 Å². The summed E-state index contributed by atoms with van der Waals surface area (Å²) in [6, 6.07) is 3.58. The summed E-state index contributed by atoms with van der Waals surface area (Å²) < 4.78 is 1.78. The molecule has 0 saturated carbocycles. The lowest BCUT2D eigenvalue weighted by atomic mass is 9.88. The summed E-state index contributed by atoms with van der Waals surface area (Å²) in [4.78, 5) is 23.1. The average Bonchev–Trinajstić information content (AvgIpc) is 2.66. The second-order valence-electron chi connectivity index (χ2n) is 4.82. The Morgan fingerprint density at radius 1 is 1.44 bits per heavy atom. The Bertz CT molecular complexity index is 465. The van der Waals surface area contributed by atoms with Crippen LogP contribution in [0.5, 0.6) is 0 Å². The highest BCUT2D eigenvalue weighted by Crippen LogP contribution is 2.20. The van der Waals surface area contributed by atoms with Gasteiger partial charge in [-0.25, -0.2) is 0 Å². The molecule has 1 atom stereocenters. The normalized spacial score (nSPS) is 14.0. The van der Waals surface area contributed by atoms with E-state index >= 15 is 0 Å². The van der Waals surface area contributed by atoms with Gasteiger partial charge < -0.3 is 15.0 Å². The number of aliphatic carboxylic acids is 1. The van der Waals surface area contributed by atoms with Gasteiger partial charge in [-0.2, -0.15) is 0 Å². The Balaban J connectivity index is 2.72. The van der Waals surface area contributed by atoms with Gasteiger partial charge in [0.05, 0.1) is 5.41 Å². The molecule has 100 valence electrons. The number of carboxylic acid groups (broad SMARTS) is 1. The van der Waals surface area contributed by atoms with Crippen LogP contribution in [0.4, 0.5) is 0 Å². The van der Waals surface area contributed by atoms with Crippen molar-refractivity contribution in [3.8, 4) is 0 Å². The first kappa shape index (κ1) is 14.3. The lowest BCUT2D eigenvalue weighted by Crippen LogP contribution is -2.41. The van der Waals surface area contributed by atoms with Crippen LogP contribution in [0.25, 0.3) is 0 Å². The van der Waals surface area contributed by atoms with Crippen LogP contribution in [0.2, 0.25) is 0 Å². The van der Waals surface area contributed by atoms with E-state index < -0.39 is 11.4 Å². The third-order valence-corrected chi connectivity index (χ3v) is 3.54. The molecule has 5 nitrogen and oxygen atoms in total. The maximum absolute atomic E-state index is 11.9. The van der Waals surface area contributed by atoms with E-state index in [1.54, 1.807) is 31.5 Å². The maximum atomic E-state index is 11.9. The zero-order valence-electron chi connectivity index (χ0n) is 11.3. The topological polar surface area (TPSA) is 71.3 Å². The number of hydrogen-bond donors (Lipinski definition) is 2. The summed E-state index contributed by atoms with van der Waals surface area (Å²) in [5.41, 5.74) is 0.601. The summed E-state index contributed by atoms with van der Waals surface area (Å²) in [5, 5.41) is 11.8. The Labute approximate surface area is 107 Å². The number of aryl methyl sites for hydroxylation is 1. The number of carbonyl (C=O) groups is 2. The Morgan fingerprint density at radius 3 is 2.44 bits per heavy atom. The van der Waals surface area contributed by atoms with Gasteiger partial charge >= 0.3 is 5.97 Å². The van der Waals surface area contributed by atoms with Crippen molar-refractivity contribution in [1.29, 1.82) is 0 Å². The van der Waals surface area contributed by atoms with Crippen molar-refractivity contribution in [2.75, 3.05) is 6.54 Å². The van der Waals surface area contributed by atoms with Crippen molar-refractivity contribution in [1.82, 2.24) is 9.88 Å². The molecule has 0 fully saturated rings. The molecule has 1 unspecified atom stereocenters.